The molecule has 3 rings (SSSR count). The number of nitriles is 1. The molecule has 2 aromatic carbocycles. The minimum atomic E-state index is -0.429. The molecule has 0 aliphatic heterocycles. The summed E-state index contributed by atoms with van der Waals surface area (Å²) in [5, 5.41) is 12.3. The maximum absolute atomic E-state index is 12.6. The van der Waals surface area contributed by atoms with Gasteiger partial charge in [-0.15, -0.1) is 0 Å². The van der Waals surface area contributed by atoms with Crippen molar-refractivity contribution < 1.29 is 4.79 Å². The first-order chi connectivity index (χ1) is 14.3. The summed E-state index contributed by atoms with van der Waals surface area (Å²) in [7, 11) is 0. The van der Waals surface area contributed by atoms with Crippen LogP contribution < -0.4 is 5.32 Å². The Morgan fingerprint density at radius 2 is 1.83 bits per heavy atom. The van der Waals surface area contributed by atoms with Crippen LogP contribution in [0.25, 0.3) is 11.8 Å². The van der Waals surface area contributed by atoms with Crippen molar-refractivity contribution in [3.8, 4) is 11.8 Å². The highest BCUT2D eigenvalue weighted by atomic mass is 79.9. The predicted octanol–water partition coefficient (Wildman–Crippen LogP) is 6.53. The molecule has 0 saturated heterocycles. The number of rotatable bonds is 5. The van der Waals surface area contributed by atoms with E-state index in [0.29, 0.717) is 11.6 Å². The minimum Gasteiger partial charge on any atom is -0.321 e. The summed E-state index contributed by atoms with van der Waals surface area (Å²) in [5.74, 6) is 0.0491. The number of benzene rings is 2. The minimum absolute atomic E-state index is 0.0605. The highest BCUT2D eigenvalue weighted by Gasteiger charge is 2.14. The first kappa shape index (κ1) is 21.6. The number of carbonyl (C=O) groups is 1. The van der Waals surface area contributed by atoms with Crippen LogP contribution in [0.3, 0.4) is 0 Å². The average molecular weight is 462 g/mol. The summed E-state index contributed by atoms with van der Waals surface area (Å²) in [6.07, 6.45) is 1.65. The fraction of sp³-hybridized carbons (Fsp3) is 0.200. The van der Waals surface area contributed by atoms with Crippen LogP contribution in [0.2, 0.25) is 0 Å². The second-order valence-electron chi connectivity index (χ2n) is 7.54. The van der Waals surface area contributed by atoms with E-state index in [1.807, 2.05) is 38.1 Å². The van der Waals surface area contributed by atoms with Crippen LogP contribution in [0.5, 0.6) is 0 Å². The van der Waals surface area contributed by atoms with Crippen molar-refractivity contribution in [2.75, 3.05) is 5.32 Å². The van der Waals surface area contributed by atoms with Gasteiger partial charge < -0.3 is 9.88 Å². The summed E-state index contributed by atoms with van der Waals surface area (Å²) >= 11 is 3.38. The average Bonchev–Trinajstić information content (AvgIpc) is 2.99. The molecule has 4 nitrogen and oxygen atoms in total. The van der Waals surface area contributed by atoms with Gasteiger partial charge in [-0.05, 0) is 73.4 Å². The predicted molar refractivity (Wildman–Crippen MR) is 126 cm³/mol. The molecule has 0 radical (unpaired) electrons. The number of halogens is 1. The van der Waals surface area contributed by atoms with Crippen LogP contribution in [0, 0.1) is 25.2 Å². The molecule has 1 amide bonds. The quantitative estimate of drug-likeness (QED) is 0.346. The number of nitrogens with zero attached hydrogens (tertiary/aromatic N) is 2. The second kappa shape index (κ2) is 9.15. The van der Waals surface area contributed by atoms with Gasteiger partial charge in [-0.3, -0.25) is 4.79 Å². The molecule has 0 atom stereocenters. The van der Waals surface area contributed by atoms with Gasteiger partial charge in [-0.1, -0.05) is 48.0 Å². The molecule has 0 bridgehead atoms. The van der Waals surface area contributed by atoms with Crippen LogP contribution in [-0.4, -0.2) is 10.5 Å². The first-order valence-corrected chi connectivity index (χ1v) is 10.6. The van der Waals surface area contributed by atoms with Crippen LogP contribution in [-0.2, 0) is 4.79 Å². The lowest BCUT2D eigenvalue weighted by Gasteiger charge is -2.12. The van der Waals surface area contributed by atoms with Crippen molar-refractivity contribution in [3.05, 3.63) is 87.2 Å². The maximum Gasteiger partial charge on any atom is 0.266 e. The Hall–Kier alpha value is -3.10. The zero-order valence-electron chi connectivity index (χ0n) is 17.5. The Kier molecular flexibility index (Phi) is 6.59. The normalized spacial score (nSPS) is 11.4. The van der Waals surface area contributed by atoms with E-state index in [1.54, 1.807) is 18.2 Å². The van der Waals surface area contributed by atoms with Gasteiger partial charge in [0.05, 0.1) is 0 Å². The summed E-state index contributed by atoms with van der Waals surface area (Å²) < 4.78 is 2.99. The van der Waals surface area contributed by atoms with Crippen LogP contribution >= 0.6 is 15.9 Å². The van der Waals surface area contributed by atoms with Crippen molar-refractivity contribution in [3.63, 3.8) is 0 Å². The van der Waals surface area contributed by atoms with E-state index in [4.69, 9.17) is 0 Å². The molecule has 152 valence electrons. The Bertz CT molecular complexity index is 1150. The number of anilines is 1. The fourth-order valence-electron chi connectivity index (χ4n) is 3.41. The third-order valence-corrected chi connectivity index (χ3v) is 5.53. The third-order valence-electron chi connectivity index (χ3n) is 5.04. The molecule has 1 N–H and O–H groups in total. The molecule has 0 aliphatic rings. The Labute approximate surface area is 186 Å². The standard InChI is InChI=1S/C25H24BrN3O/c1-16(2)19-8-10-24(11-9-19)29-17(3)12-20(18(29)4)13-21(15-27)25(30)28-23-7-5-6-22(26)14-23/h5-14,16H,1-4H3,(H,28,30)/b21-13-. The largest absolute Gasteiger partial charge is 0.321 e. The SMILES string of the molecule is Cc1cc(/C=C(/C#N)C(=O)Nc2cccc(Br)c2)c(C)n1-c1ccc(C(C)C)cc1. The van der Waals surface area contributed by atoms with E-state index in [0.717, 1.165) is 27.1 Å². The zero-order valence-corrected chi connectivity index (χ0v) is 19.1. The summed E-state index contributed by atoms with van der Waals surface area (Å²) in [6.45, 7) is 8.37. The number of hydrogen-bond acceptors (Lipinski definition) is 2. The smallest absolute Gasteiger partial charge is 0.266 e. The van der Waals surface area contributed by atoms with Gasteiger partial charge in [0, 0.05) is 27.2 Å². The Balaban J connectivity index is 1.91. The number of aromatic nitrogens is 1. The molecule has 30 heavy (non-hydrogen) atoms. The number of amides is 1. The molecule has 5 heteroatoms. The van der Waals surface area contributed by atoms with E-state index in [9.17, 15) is 10.1 Å². The van der Waals surface area contributed by atoms with Crippen LogP contribution in [0.1, 0.15) is 42.3 Å². The van der Waals surface area contributed by atoms with Gasteiger partial charge in [0.1, 0.15) is 11.6 Å². The highest BCUT2D eigenvalue weighted by molar-refractivity contribution is 9.10. The van der Waals surface area contributed by atoms with Gasteiger partial charge in [-0.2, -0.15) is 5.26 Å². The van der Waals surface area contributed by atoms with Crippen molar-refractivity contribution in [1.29, 1.82) is 5.26 Å². The molecule has 1 heterocycles. The topological polar surface area (TPSA) is 57.8 Å². The molecular weight excluding hydrogens is 438 g/mol. The fourth-order valence-corrected chi connectivity index (χ4v) is 3.81. The van der Waals surface area contributed by atoms with Gasteiger partial charge in [0.25, 0.3) is 5.91 Å². The lowest BCUT2D eigenvalue weighted by atomic mass is 10.0. The number of hydrogen-bond donors (Lipinski definition) is 1. The zero-order chi connectivity index (χ0) is 21.8. The van der Waals surface area contributed by atoms with Crippen LogP contribution in [0.15, 0.2) is 64.6 Å². The van der Waals surface area contributed by atoms with E-state index < -0.39 is 5.91 Å². The summed E-state index contributed by atoms with van der Waals surface area (Å²) in [6, 6.07) is 19.8. The van der Waals surface area contributed by atoms with Gasteiger partial charge in [0.15, 0.2) is 0 Å². The molecule has 3 aromatic rings. The van der Waals surface area contributed by atoms with Gasteiger partial charge in [0.2, 0.25) is 0 Å². The number of aryl methyl sites for hydroxylation is 1. The molecule has 0 saturated carbocycles. The highest BCUT2D eigenvalue weighted by Crippen LogP contribution is 2.25. The summed E-state index contributed by atoms with van der Waals surface area (Å²) in [5.41, 5.74) is 5.91. The first-order valence-electron chi connectivity index (χ1n) is 9.78. The number of carbonyl (C=O) groups excluding carboxylic acids is 1. The molecule has 0 spiro atoms. The lowest BCUT2D eigenvalue weighted by molar-refractivity contribution is -0.112. The van der Waals surface area contributed by atoms with Gasteiger partial charge in [-0.25, -0.2) is 0 Å². The van der Waals surface area contributed by atoms with Crippen molar-refractivity contribution in [2.24, 2.45) is 0 Å². The molecular formula is C25H24BrN3O. The van der Waals surface area contributed by atoms with E-state index in [-0.39, 0.29) is 5.57 Å². The van der Waals surface area contributed by atoms with E-state index in [1.165, 1.54) is 5.56 Å². The molecule has 0 aliphatic carbocycles. The number of nitrogens with one attached hydrogen (secondary N) is 1. The monoisotopic (exact) mass is 461 g/mol. The van der Waals surface area contributed by atoms with Crippen molar-refractivity contribution in [2.45, 2.75) is 33.6 Å². The molecule has 1 aromatic heterocycles. The van der Waals surface area contributed by atoms with Crippen molar-refractivity contribution >= 4 is 33.6 Å². The summed E-state index contributed by atoms with van der Waals surface area (Å²) in [4.78, 5) is 12.6. The van der Waals surface area contributed by atoms with Crippen LogP contribution in [0.4, 0.5) is 5.69 Å². The lowest BCUT2D eigenvalue weighted by Crippen LogP contribution is -2.13. The third kappa shape index (κ3) is 4.72. The molecule has 0 unspecified atom stereocenters. The van der Waals surface area contributed by atoms with E-state index >= 15 is 0 Å². The van der Waals surface area contributed by atoms with E-state index in [2.05, 4.69) is 63.9 Å². The second-order valence-corrected chi connectivity index (χ2v) is 8.46. The maximum atomic E-state index is 12.6. The Morgan fingerprint density at radius 3 is 2.43 bits per heavy atom. The Morgan fingerprint density at radius 1 is 1.13 bits per heavy atom. The van der Waals surface area contributed by atoms with Crippen molar-refractivity contribution in [1.82, 2.24) is 4.57 Å². The van der Waals surface area contributed by atoms with Gasteiger partial charge >= 0.3 is 0 Å². The molecule has 0 fully saturated rings.